The highest BCUT2D eigenvalue weighted by Crippen LogP contribution is 2.34. The summed E-state index contributed by atoms with van der Waals surface area (Å²) in [6, 6.07) is 9.59. The first-order chi connectivity index (χ1) is 12.8. The molecule has 0 unspecified atom stereocenters. The van der Waals surface area contributed by atoms with Crippen molar-refractivity contribution in [2.24, 2.45) is 0 Å². The number of nitro groups is 2. The number of rotatable bonds is 5. The molecule has 27 heavy (non-hydrogen) atoms. The van der Waals surface area contributed by atoms with Gasteiger partial charge in [-0.2, -0.15) is 0 Å². The van der Waals surface area contributed by atoms with Crippen LogP contribution in [0.2, 0.25) is 0 Å². The standard InChI is InChI=1S/C16H9N3O6S2/c20-15-14(27-16(26)17-15)7-9-1-4-11(5-2-9)25-13-6-3-10(18(21)22)8-12(13)19(23)24/h1-8H,(H,17,20,26)/b14-7-. The molecule has 0 saturated carbocycles. The van der Waals surface area contributed by atoms with Gasteiger partial charge in [0.25, 0.3) is 11.6 Å². The largest absolute Gasteiger partial charge is 0.450 e. The monoisotopic (exact) mass is 403 g/mol. The highest BCUT2D eigenvalue weighted by molar-refractivity contribution is 8.26. The number of thioether (sulfide) groups is 1. The Morgan fingerprint density at radius 3 is 2.33 bits per heavy atom. The summed E-state index contributed by atoms with van der Waals surface area (Å²) < 4.78 is 5.86. The fourth-order valence-electron chi connectivity index (χ4n) is 2.18. The van der Waals surface area contributed by atoms with E-state index in [1.165, 1.54) is 6.07 Å². The number of amides is 1. The summed E-state index contributed by atoms with van der Waals surface area (Å²) in [5, 5.41) is 24.4. The van der Waals surface area contributed by atoms with E-state index in [4.69, 9.17) is 17.0 Å². The number of hydrogen-bond acceptors (Lipinski definition) is 8. The Hall–Kier alpha value is -3.31. The number of non-ortho nitro benzene ring substituents is 1. The third kappa shape index (κ3) is 4.27. The Morgan fingerprint density at radius 1 is 1.07 bits per heavy atom. The van der Waals surface area contributed by atoms with Crippen LogP contribution >= 0.6 is 24.0 Å². The van der Waals surface area contributed by atoms with E-state index in [1.54, 1.807) is 30.3 Å². The average Bonchev–Trinajstić information content (AvgIpc) is 2.93. The number of nitrogens with one attached hydrogen (secondary N) is 1. The van der Waals surface area contributed by atoms with E-state index < -0.39 is 21.2 Å². The molecule has 9 nitrogen and oxygen atoms in total. The van der Waals surface area contributed by atoms with E-state index in [-0.39, 0.29) is 11.7 Å². The van der Waals surface area contributed by atoms with Crippen LogP contribution in [-0.2, 0) is 4.79 Å². The van der Waals surface area contributed by atoms with Crippen molar-refractivity contribution >= 4 is 51.7 Å². The van der Waals surface area contributed by atoms with Crippen molar-refractivity contribution < 1.29 is 19.4 Å². The van der Waals surface area contributed by atoms with Crippen molar-refractivity contribution in [1.82, 2.24) is 5.32 Å². The zero-order chi connectivity index (χ0) is 19.6. The van der Waals surface area contributed by atoms with E-state index in [1.807, 2.05) is 0 Å². The van der Waals surface area contributed by atoms with Crippen molar-refractivity contribution in [3.63, 3.8) is 0 Å². The molecule has 0 atom stereocenters. The van der Waals surface area contributed by atoms with Gasteiger partial charge in [-0.3, -0.25) is 25.0 Å². The van der Waals surface area contributed by atoms with Crippen LogP contribution in [-0.4, -0.2) is 20.1 Å². The maximum Gasteiger partial charge on any atom is 0.318 e. The lowest BCUT2D eigenvalue weighted by Crippen LogP contribution is -2.17. The average molecular weight is 403 g/mol. The van der Waals surface area contributed by atoms with E-state index in [0.29, 0.717) is 20.5 Å². The van der Waals surface area contributed by atoms with E-state index in [2.05, 4.69) is 5.32 Å². The Bertz CT molecular complexity index is 1000. The molecule has 11 heteroatoms. The lowest BCUT2D eigenvalue weighted by atomic mass is 10.2. The number of benzene rings is 2. The molecule has 0 bridgehead atoms. The molecule has 1 amide bonds. The van der Waals surface area contributed by atoms with Gasteiger partial charge in [0.15, 0.2) is 0 Å². The van der Waals surface area contributed by atoms with Gasteiger partial charge in [0.05, 0.1) is 20.8 Å². The Kier molecular flexibility index (Phi) is 5.14. The molecule has 1 aliphatic heterocycles. The molecule has 2 aromatic rings. The third-order valence-electron chi connectivity index (χ3n) is 3.40. The fourth-order valence-corrected chi connectivity index (χ4v) is 3.22. The maximum absolute atomic E-state index is 11.6. The first kappa shape index (κ1) is 18.5. The Balaban J connectivity index is 1.82. The minimum Gasteiger partial charge on any atom is -0.450 e. The van der Waals surface area contributed by atoms with Crippen molar-refractivity contribution in [1.29, 1.82) is 0 Å². The number of nitro benzene ring substituents is 2. The lowest BCUT2D eigenvalue weighted by Gasteiger charge is -2.06. The number of nitrogens with zero attached hydrogens (tertiary/aromatic N) is 2. The van der Waals surface area contributed by atoms with E-state index >= 15 is 0 Å². The second-order valence-electron chi connectivity index (χ2n) is 5.19. The molecule has 0 aromatic heterocycles. The molecule has 1 fully saturated rings. The molecular weight excluding hydrogens is 394 g/mol. The van der Waals surface area contributed by atoms with Gasteiger partial charge in [-0.05, 0) is 29.8 Å². The first-order valence-corrected chi connectivity index (χ1v) is 8.51. The zero-order valence-electron chi connectivity index (χ0n) is 13.3. The van der Waals surface area contributed by atoms with Crippen LogP contribution in [0.15, 0.2) is 47.4 Å². The molecule has 2 aromatic carbocycles. The quantitative estimate of drug-likeness (QED) is 0.346. The Labute approximate surface area is 161 Å². The maximum atomic E-state index is 11.6. The molecule has 3 rings (SSSR count). The topological polar surface area (TPSA) is 125 Å². The molecule has 0 spiro atoms. The zero-order valence-corrected chi connectivity index (χ0v) is 14.9. The highest BCUT2D eigenvalue weighted by atomic mass is 32.2. The fraction of sp³-hybridized carbons (Fsp3) is 0. The van der Waals surface area contributed by atoms with Gasteiger partial charge in [-0.1, -0.05) is 36.1 Å². The van der Waals surface area contributed by atoms with Gasteiger partial charge < -0.3 is 10.1 Å². The Morgan fingerprint density at radius 2 is 1.78 bits per heavy atom. The molecule has 0 radical (unpaired) electrons. The van der Waals surface area contributed by atoms with Crippen LogP contribution in [0.1, 0.15) is 5.56 Å². The van der Waals surface area contributed by atoms with Crippen LogP contribution in [0.25, 0.3) is 6.08 Å². The molecule has 0 aliphatic carbocycles. The molecule has 1 heterocycles. The third-order valence-corrected chi connectivity index (χ3v) is 4.56. The summed E-state index contributed by atoms with van der Waals surface area (Å²) >= 11 is 6.07. The number of thiocarbonyl (C=S) groups is 1. The molecule has 1 N–H and O–H groups in total. The summed E-state index contributed by atoms with van der Waals surface area (Å²) in [7, 11) is 0. The van der Waals surface area contributed by atoms with Crippen molar-refractivity contribution in [3.05, 3.63) is 73.2 Å². The highest BCUT2D eigenvalue weighted by Gasteiger charge is 2.22. The smallest absolute Gasteiger partial charge is 0.318 e. The predicted octanol–water partition coefficient (Wildman–Crippen LogP) is 3.78. The SMILES string of the molecule is O=C1NC(=S)S/C1=C\c1ccc(Oc2ccc([N+](=O)[O-])cc2[N+](=O)[O-])cc1. The first-order valence-electron chi connectivity index (χ1n) is 7.29. The number of carbonyl (C=O) groups excluding carboxylic acids is 1. The minimum atomic E-state index is -0.750. The van der Waals surface area contributed by atoms with Gasteiger partial charge in [0.2, 0.25) is 5.75 Å². The van der Waals surface area contributed by atoms with Crippen LogP contribution in [0, 0.1) is 20.2 Å². The molecular formula is C16H9N3O6S2. The molecule has 136 valence electrons. The van der Waals surface area contributed by atoms with Gasteiger partial charge in [0, 0.05) is 6.07 Å². The molecule has 1 aliphatic rings. The summed E-state index contributed by atoms with van der Waals surface area (Å²) in [6.07, 6.45) is 1.65. The second kappa shape index (κ2) is 7.51. The minimum absolute atomic E-state index is 0.118. The number of hydrogen-bond donors (Lipinski definition) is 1. The van der Waals surface area contributed by atoms with Crippen LogP contribution < -0.4 is 10.1 Å². The normalized spacial score (nSPS) is 14.9. The van der Waals surface area contributed by atoms with Crippen molar-refractivity contribution in [2.45, 2.75) is 0 Å². The van der Waals surface area contributed by atoms with Crippen molar-refractivity contribution in [2.75, 3.05) is 0 Å². The number of carbonyl (C=O) groups is 1. The summed E-state index contributed by atoms with van der Waals surface area (Å²) in [5.41, 5.74) is -0.202. The predicted molar refractivity (Wildman–Crippen MR) is 103 cm³/mol. The van der Waals surface area contributed by atoms with E-state index in [0.717, 1.165) is 23.9 Å². The lowest BCUT2D eigenvalue weighted by molar-refractivity contribution is -0.394. The van der Waals surface area contributed by atoms with Gasteiger partial charge in [0.1, 0.15) is 10.1 Å². The van der Waals surface area contributed by atoms with Gasteiger partial charge >= 0.3 is 5.69 Å². The van der Waals surface area contributed by atoms with Crippen LogP contribution in [0.5, 0.6) is 11.5 Å². The summed E-state index contributed by atoms with van der Waals surface area (Å²) in [4.78, 5) is 32.5. The van der Waals surface area contributed by atoms with Gasteiger partial charge in [-0.15, -0.1) is 0 Å². The second-order valence-corrected chi connectivity index (χ2v) is 6.91. The number of ether oxygens (including phenoxy) is 1. The van der Waals surface area contributed by atoms with Crippen molar-refractivity contribution in [3.8, 4) is 11.5 Å². The van der Waals surface area contributed by atoms with Crippen LogP contribution in [0.3, 0.4) is 0 Å². The van der Waals surface area contributed by atoms with Gasteiger partial charge in [-0.25, -0.2) is 0 Å². The molecule has 1 saturated heterocycles. The van der Waals surface area contributed by atoms with Crippen LogP contribution in [0.4, 0.5) is 11.4 Å². The summed E-state index contributed by atoms with van der Waals surface area (Å²) in [5.74, 6) is -0.0900. The summed E-state index contributed by atoms with van der Waals surface area (Å²) in [6.45, 7) is 0. The van der Waals surface area contributed by atoms with E-state index in [9.17, 15) is 25.0 Å².